The second-order valence-corrected chi connectivity index (χ2v) is 5.57. The SMILES string of the molecule is N#C[C@H]1CCCC[C@@]12CCc1ccccc1C2=O. The first-order chi connectivity index (χ1) is 8.78. The van der Waals surface area contributed by atoms with Crippen molar-refractivity contribution >= 4 is 5.78 Å². The topological polar surface area (TPSA) is 40.9 Å². The highest BCUT2D eigenvalue weighted by atomic mass is 16.1. The molecule has 18 heavy (non-hydrogen) atoms. The number of carbonyl (C=O) groups excluding carboxylic acids is 1. The van der Waals surface area contributed by atoms with Crippen LogP contribution in [0, 0.1) is 22.7 Å². The summed E-state index contributed by atoms with van der Waals surface area (Å²) in [6.07, 6.45) is 5.78. The third-order valence-corrected chi connectivity index (χ3v) is 4.74. The Labute approximate surface area is 108 Å². The van der Waals surface area contributed by atoms with Crippen LogP contribution in [0.1, 0.15) is 48.0 Å². The minimum absolute atomic E-state index is 0.0768. The molecule has 0 aromatic heterocycles. The molecule has 2 aliphatic rings. The number of nitrogens with zero attached hydrogens (tertiary/aromatic N) is 1. The molecule has 2 nitrogen and oxygen atoms in total. The van der Waals surface area contributed by atoms with E-state index in [1.54, 1.807) is 0 Å². The van der Waals surface area contributed by atoms with Crippen LogP contribution in [0.5, 0.6) is 0 Å². The van der Waals surface area contributed by atoms with Crippen LogP contribution >= 0.6 is 0 Å². The average Bonchev–Trinajstić information content (AvgIpc) is 2.44. The van der Waals surface area contributed by atoms with Gasteiger partial charge in [0.1, 0.15) is 0 Å². The van der Waals surface area contributed by atoms with Crippen molar-refractivity contribution in [2.45, 2.75) is 38.5 Å². The van der Waals surface area contributed by atoms with E-state index in [0.717, 1.165) is 49.7 Å². The number of ketones is 1. The fraction of sp³-hybridized carbons (Fsp3) is 0.500. The Morgan fingerprint density at radius 3 is 2.89 bits per heavy atom. The van der Waals surface area contributed by atoms with Crippen LogP contribution in [-0.2, 0) is 6.42 Å². The van der Waals surface area contributed by atoms with Gasteiger partial charge in [0.15, 0.2) is 5.78 Å². The average molecular weight is 239 g/mol. The van der Waals surface area contributed by atoms with Gasteiger partial charge in [0, 0.05) is 11.0 Å². The molecule has 2 atom stereocenters. The summed E-state index contributed by atoms with van der Waals surface area (Å²) in [6.45, 7) is 0. The number of aryl methyl sites for hydroxylation is 1. The first-order valence-corrected chi connectivity index (χ1v) is 6.80. The Hall–Kier alpha value is -1.62. The van der Waals surface area contributed by atoms with Crippen LogP contribution < -0.4 is 0 Å². The van der Waals surface area contributed by atoms with E-state index in [-0.39, 0.29) is 17.1 Å². The van der Waals surface area contributed by atoms with Crippen LogP contribution in [0.15, 0.2) is 24.3 Å². The van der Waals surface area contributed by atoms with Crippen molar-refractivity contribution in [3.63, 3.8) is 0 Å². The van der Waals surface area contributed by atoms with Gasteiger partial charge in [0.05, 0.1) is 12.0 Å². The molecule has 1 spiro atoms. The number of carbonyl (C=O) groups is 1. The summed E-state index contributed by atoms with van der Waals surface area (Å²) in [6, 6.07) is 10.3. The molecule has 2 aliphatic carbocycles. The van der Waals surface area contributed by atoms with E-state index in [1.807, 2.05) is 24.3 Å². The molecule has 92 valence electrons. The lowest BCUT2D eigenvalue weighted by Crippen LogP contribution is -2.43. The molecule has 0 unspecified atom stereocenters. The van der Waals surface area contributed by atoms with Gasteiger partial charge in [-0.05, 0) is 31.2 Å². The number of benzene rings is 1. The third kappa shape index (κ3) is 1.50. The molecule has 1 saturated carbocycles. The van der Waals surface area contributed by atoms with Gasteiger partial charge in [-0.2, -0.15) is 5.26 Å². The van der Waals surface area contributed by atoms with Crippen LogP contribution in [0.3, 0.4) is 0 Å². The second-order valence-electron chi connectivity index (χ2n) is 5.57. The largest absolute Gasteiger partial charge is 0.293 e. The third-order valence-electron chi connectivity index (χ3n) is 4.74. The summed E-state index contributed by atoms with van der Waals surface area (Å²) in [4.78, 5) is 12.8. The fourth-order valence-corrected chi connectivity index (χ4v) is 3.70. The molecule has 0 heterocycles. The van der Waals surface area contributed by atoms with Crippen LogP contribution in [0.2, 0.25) is 0 Å². The number of hydrogen-bond acceptors (Lipinski definition) is 2. The highest BCUT2D eigenvalue weighted by molar-refractivity contribution is 6.03. The van der Waals surface area contributed by atoms with Crippen molar-refractivity contribution in [1.29, 1.82) is 5.26 Å². The van der Waals surface area contributed by atoms with Crippen molar-refractivity contribution in [2.24, 2.45) is 11.3 Å². The van der Waals surface area contributed by atoms with Gasteiger partial charge < -0.3 is 0 Å². The number of fused-ring (bicyclic) bond motifs is 1. The molecule has 0 amide bonds. The number of rotatable bonds is 0. The molecule has 0 bridgehead atoms. The van der Waals surface area contributed by atoms with Crippen molar-refractivity contribution in [3.05, 3.63) is 35.4 Å². The maximum atomic E-state index is 12.8. The molecule has 1 aromatic carbocycles. The van der Waals surface area contributed by atoms with Gasteiger partial charge in [0.2, 0.25) is 0 Å². The molecule has 0 N–H and O–H groups in total. The smallest absolute Gasteiger partial charge is 0.170 e. The normalized spacial score (nSPS) is 30.8. The lowest BCUT2D eigenvalue weighted by molar-refractivity contribution is 0.0566. The molecule has 1 fully saturated rings. The van der Waals surface area contributed by atoms with E-state index in [0.29, 0.717) is 0 Å². The highest BCUT2D eigenvalue weighted by Crippen LogP contribution is 2.49. The van der Waals surface area contributed by atoms with Gasteiger partial charge in [0.25, 0.3) is 0 Å². The minimum Gasteiger partial charge on any atom is -0.293 e. The van der Waals surface area contributed by atoms with Gasteiger partial charge >= 0.3 is 0 Å². The minimum atomic E-state index is -0.374. The number of nitriles is 1. The Morgan fingerprint density at radius 2 is 2.06 bits per heavy atom. The van der Waals surface area contributed by atoms with Gasteiger partial charge in [-0.1, -0.05) is 37.1 Å². The molecule has 3 rings (SSSR count). The van der Waals surface area contributed by atoms with Gasteiger partial charge in [-0.15, -0.1) is 0 Å². The first-order valence-electron chi connectivity index (χ1n) is 6.80. The van der Waals surface area contributed by atoms with E-state index < -0.39 is 0 Å². The Kier molecular flexibility index (Phi) is 2.70. The van der Waals surface area contributed by atoms with Crippen LogP contribution in [0.25, 0.3) is 0 Å². The van der Waals surface area contributed by atoms with Gasteiger partial charge in [-0.25, -0.2) is 0 Å². The summed E-state index contributed by atoms with van der Waals surface area (Å²) < 4.78 is 0. The second kappa shape index (κ2) is 4.24. The predicted octanol–water partition coefficient (Wildman–Crippen LogP) is 3.52. The molecule has 2 heteroatoms. The Morgan fingerprint density at radius 1 is 1.22 bits per heavy atom. The van der Waals surface area contributed by atoms with E-state index in [4.69, 9.17) is 0 Å². The van der Waals surface area contributed by atoms with Crippen molar-refractivity contribution in [1.82, 2.24) is 0 Å². The van der Waals surface area contributed by atoms with Crippen LogP contribution in [0.4, 0.5) is 0 Å². The molecule has 0 aliphatic heterocycles. The van der Waals surface area contributed by atoms with Crippen LogP contribution in [-0.4, -0.2) is 5.78 Å². The monoisotopic (exact) mass is 239 g/mol. The van der Waals surface area contributed by atoms with E-state index in [2.05, 4.69) is 6.07 Å². The quantitative estimate of drug-likeness (QED) is 0.695. The molecular formula is C16H17NO. The summed E-state index contributed by atoms with van der Waals surface area (Å²) >= 11 is 0. The standard InChI is InChI=1S/C16H17NO/c17-11-13-6-3-4-9-16(13)10-8-12-5-1-2-7-14(12)15(16)18/h1-2,5,7,13H,3-4,6,8-10H2/t13-,16-/m1/s1. The zero-order valence-electron chi connectivity index (χ0n) is 10.5. The van der Waals surface area contributed by atoms with E-state index >= 15 is 0 Å². The first kappa shape index (κ1) is 11.5. The molecule has 0 saturated heterocycles. The predicted molar refractivity (Wildman–Crippen MR) is 69.1 cm³/mol. The number of hydrogen-bond donors (Lipinski definition) is 0. The van der Waals surface area contributed by atoms with Crippen molar-refractivity contribution in [2.75, 3.05) is 0 Å². The van der Waals surface area contributed by atoms with Crippen molar-refractivity contribution < 1.29 is 4.79 Å². The van der Waals surface area contributed by atoms with E-state index in [9.17, 15) is 10.1 Å². The highest BCUT2D eigenvalue weighted by Gasteiger charge is 2.49. The summed E-state index contributed by atoms with van der Waals surface area (Å²) in [5.41, 5.74) is 1.66. The lowest BCUT2D eigenvalue weighted by atomic mass is 9.58. The number of Topliss-reactive ketones (excluding diaryl/α,β-unsaturated/α-hetero) is 1. The fourth-order valence-electron chi connectivity index (χ4n) is 3.70. The molecular weight excluding hydrogens is 222 g/mol. The summed E-state index contributed by atoms with van der Waals surface area (Å²) in [7, 11) is 0. The Balaban J connectivity index is 2.05. The molecule has 1 aromatic rings. The maximum absolute atomic E-state index is 12.8. The Bertz CT molecular complexity index is 528. The zero-order chi connectivity index (χ0) is 12.6. The summed E-state index contributed by atoms with van der Waals surface area (Å²) in [5, 5.41) is 9.37. The zero-order valence-corrected chi connectivity index (χ0v) is 10.5. The maximum Gasteiger partial charge on any atom is 0.170 e. The lowest BCUT2D eigenvalue weighted by Gasteiger charge is -2.42. The van der Waals surface area contributed by atoms with E-state index in [1.165, 1.54) is 0 Å². The van der Waals surface area contributed by atoms with Gasteiger partial charge in [-0.3, -0.25) is 4.79 Å². The molecule has 0 radical (unpaired) electrons. The summed E-state index contributed by atoms with van der Waals surface area (Å²) in [5.74, 6) is 0.155. The van der Waals surface area contributed by atoms with Crippen molar-refractivity contribution in [3.8, 4) is 6.07 Å².